The second-order valence-electron chi connectivity index (χ2n) is 5.70. The van der Waals surface area contributed by atoms with Gasteiger partial charge in [-0.05, 0) is 36.1 Å². The number of anilines is 2. The third kappa shape index (κ3) is 2.89. The van der Waals surface area contributed by atoms with Crippen molar-refractivity contribution in [3.8, 4) is 0 Å². The zero-order valence-electron chi connectivity index (χ0n) is 12.1. The molecule has 0 spiro atoms. The summed E-state index contributed by atoms with van der Waals surface area (Å²) in [7, 11) is 0. The Morgan fingerprint density at radius 3 is 2.90 bits per heavy atom. The number of hydrogen-bond donors (Lipinski definition) is 1. The fourth-order valence-corrected chi connectivity index (χ4v) is 2.82. The fourth-order valence-electron chi connectivity index (χ4n) is 2.82. The molecule has 21 heavy (non-hydrogen) atoms. The number of hydrogen-bond acceptors (Lipinski definition) is 3. The first-order valence-corrected chi connectivity index (χ1v) is 7.22. The zero-order chi connectivity index (χ0) is 14.8. The van der Waals surface area contributed by atoms with E-state index in [4.69, 9.17) is 5.73 Å². The maximum absolute atomic E-state index is 12.6. The van der Waals surface area contributed by atoms with Crippen LogP contribution in [0.1, 0.15) is 18.2 Å². The van der Waals surface area contributed by atoms with Crippen LogP contribution in [0.25, 0.3) is 0 Å². The fraction of sp³-hybridized carbons (Fsp3) is 0.294. The Morgan fingerprint density at radius 2 is 2.14 bits per heavy atom. The molecular weight excluding hydrogens is 262 g/mol. The van der Waals surface area contributed by atoms with Crippen LogP contribution in [0.4, 0.5) is 11.4 Å². The van der Waals surface area contributed by atoms with E-state index in [9.17, 15) is 4.79 Å². The smallest absolute Gasteiger partial charge is 0.233 e. The molecule has 108 valence electrons. The van der Waals surface area contributed by atoms with Crippen LogP contribution in [-0.4, -0.2) is 17.4 Å². The molecular formula is C17H19N3O. The number of carbonyl (C=O) groups is 1. The van der Waals surface area contributed by atoms with Gasteiger partial charge in [0.2, 0.25) is 5.91 Å². The second kappa shape index (κ2) is 5.56. The number of pyridine rings is 1. The van der Waals surface area contributed by atoms with Crippen molar-refractivity contribution in [2.45, 2.75) is 19.8 Å². The first kappa shape index (κ1) is 13.6. The summed E-state index contributed by atoms with van der Waals surface area (Å²) in [5, 5.41) is 0. The van der Waals surface area contributed by atoms with Crippen molar-refractivity contribution >= 4 is 17.3 Å². The quantitative estimate of drug-likeness (QED) is 0.919. The molecule has 4 nitrogen and oxygen atoms in total. The second-order valence-corrected chi connectivity index (χ2v) is 5.70. The number of para-hydroxylation sites is 1. The van der Waals surface area contributed by atoms with Gasteiger partial charge >= 0.3 is 0 Å². The van der Waals surface area contributed by atoms with Crippen LogP contribution in [0, 0.1) is 5.92 Å². The lowest BCUT2D eigenvalue weighted by Gasteiger charge is -2.33. The van der Waals surface area contributed by atoms with Gasteiger partial charge in [0.25, 0.3) is 0 Å². The zero-order valence-corrected chi connectivity index (χ0v) is 12.1. The minimum absolute atomic E-state index is 0.0891. The highest BCUT2D eigenvalue weighted by molar-refractivity contribution is 5.95. The molecule has 1 aliphatic heterocycles. The van der Waals surface area contributed by atoms with E-state index < -0.39 is 0 Å². The van der Waals surface area contributed by atoms with E-state index in [1.165, 1.54) is 5.56 Å². The monoisotopic (exact) mass is 281 g/mol. The van der Waals surface area contributed by atoms with Gasteiger partial charge in [0.1, 0.15) is 0 Å². The molecule has 1 aliphatic rings. The summed E-state index contributed by atoms with van der Waals surface area (Å²) in [6, 6.07) is 11.7. The third-order valence-electron chi connectivity index (χ3n) is 3.83. The van der Waals surface area contributed by atoms with E-state index in [0.717, 1.165) is 24.3 Å². The number of carbonyl (C=O) groups excluding carboxylic acids is 1. The molecule has 1 amide bonds. The molecule has 0 bridgehead atoms. The molecule has 0 radical (unpaired) electrons. The van der Waals surface area contributed by atoms with E-state index >= 15 is 0 Å². The van der Waals surface area contributed by atoms with Gasteiger partial charge in [-0.2, -0.15) is 0 Å². The summed E-state index contributed by atoms with van der Waals surface area (Å²) in [4.78, 5) is 18.7. The maximum Gasteiger partial charge on any atom is 0.233 e. The van der Waals surface area contributed by atoms with E-state index in [2.05, 4.69) is 18.0 Å². The van der Waals surface area contributed by atoms with Crippen LogP contribution in [0.2, 0.25) is 0 Å². The maximum atomic E-state index is 12.6. The molecule has 0 fully saturated rings. The molecule has 2 heterocycles. The molecule has 2 aromatic rings. The predicted molar refractivity (Wildman–Crippen MR) is 84.0 cm³/mol. The van der Waals surface area contributed by atoms with Gasteiger partial charge in [0, 0.05) is 17.9 Å². The van der Waals surface area contributed by atoms with E-state index in [1.807, 2.05) is 29.2 Å². The highest BCUT2D eigenvalue weighted by Crippen LogP contribution is 2.29. The third-order valence-corrected chi connectivity index (χ3v) is 3.83. The summed E-state index contributed by atoms with van der Waals surface area (Å²) < 4.78 is 0. The summed E-state index contributed by atoms with van der Waals surface area (Å²) in [6.45, 7) is 2.95. The van der Waals surface area contributed by atoms with Crippen LogP contribution in [0.3, 0.4) is 0 Å². The highest BCUT2D eigenvalue weighted by Gasteiger charge is 2.26. The Labute approximate surface area is 124 Å². The number of aromatic nitrogens is 1. The molecule has 4 heteroatoms. The van der Waals surface area contributed by atoms with Gasteiger partial charge in [-0.1, -0.05) is 25.1 Å². The lowest BCUT2D eigenvalue weighted by atomic mass is 9.93. The van der Waals surface area contributed by atoms with Crippen molar-refractivity contribution in [2.24, 2.45) is 5.92 Å². The molecule has 2 N–H and O–H groups in total. The van der Waals surface area contributed by atoms with Crippen molar-refractivity contribution in [1.82, 2.24) is 4.98 Å². The van der Waals surface area contributed by atoms with E-state index in [0.29, 0.717) is 18.0 Å². The van der Waals surface area contributed by atoms with Crippen molar-refractivity contribution < 1.29 is 4.79 Å². The van der Waals surface area contributed by atoms with Crippen LogP contribution < -0.4 is 10.6 Å². The number of nitrogens with zero attached hydrogens (tertiary/aromatic N) is 2. The predicted octanol–water partition coefficient (Wildman–Crippen LogP) is 2.43. The average Bonchev–Trinajstić information content (AvgIpc) is 2.48. The standard InChI is InChI=1S/C17H19N3O/c1-12-8-13-4-2-3-5-16(13)20(11-12)17(21)9-15-7-6-14(18)10-19-15/h2-7,10,12H,8-9,11,18H2,1H3. The minimum atomic E-state index is 0.0891. The van der Waals surface area contributed by atoms with Crippen molar-refractivity contribution in [2.75, 3.05) is 17.2 Å². The summed E-state index contributed by atoms with van der Waals surface area (Å²) >= 11 is 0. The topological polar surface area (TPSA) is 59.2 Å². The van der Waals surface area contributed by atoms with Crippen molar-refractivity contribution in [3.05, 3.63) is 53.9 Å². The lowest BCUT2D eigenvalue weighted by molar-refractivity contribution is -0.118. The number of nitrogen functional groups attached to an aromatic ring is 1. The van der Waals surface area contributed by atoms with Crippen LogP contribution in [-0.2, 0) is 17.6 Å². The number of rotatable bonds is 2. The largest absolute Gasteiger partial charge is 0.397 e. The number of nitrogens with two attached hydrogens (primary N) is 1. The highest BCUT2D eigenvalue weighted by atomic mass is 16.2. The van der Waals surface area contributed by atoms with Crippen LogP contribution in [0.15, 0.2) is 42.6 Å². The number of amides is 1. The van der Waals surface area contributed by atoms with Crippen LogP contribution >= 0.6 is 0 Å². The minimum Gasteiger partial charge on any atom is -0.397 e. The summed E-state index contributed by atoms with van der Waals surface area (Å²) in [5.74, 6) is 0.564. The van der Waals surface area contributed by atoms with Gasteiger partial charge in [-0.3, -0.25) is 9.78 Å². The molecule has 1 aromatic heterocycles. The molecule has 1 aromatic carbocycles. The van der Waals surface area contributed by atoms with Gasteiger partial charge in [0.15, 0.2) is 0 Å². The molecule has 3 rings (SSSR count). The van der Waals surface area contributed by atoms with E-state index in [1.54, 1.807) is 12.3 Å². The molecule has 1 unspecified atom stereocenters. The van der Waals surface area contributed by atoms with Crippen molar-refractivity contribution in [3.63, 3.8) is 0 Å². The molecule has 0 aliphatic carbocycles. The van der Waals surface area contributed by atoms with Gasteiger partial charge in [-0.15, -0.1) is 0 Å². The Kier molecular flexibility index (Phi) is 3.60. The lowest BCUT2D eigenvalue weighted by Crippen LogP contribution is -2.40. The molecule has 1 atom stereocenters. The first-order chi connectivity index (χ1) is 10.1. The molecule has 0 saturated carbocycles. The first-order valence-electron chi connectivity index (χ1n) is 7.22. The SMILES string of the molecule is CC1Cc2ccccc2N(C(=O)Cc2ccc(N)cn2)C1. The summed E-state index contributed by atoms with van der Waals surface area (Å²) in [5.41, 5.74) is 9.28. The Bertz CT molecular complexity index is 651. The molecule has 0 saturated heterocycles. The number of benzene rings is 1. The van der Waals surface area contributed by atoms with Gasteiger partial charge < -0.3 is 10.6 Å². The van der Waals surface area contributed by atoms with Gasteiger partial charge in [-0.25, -0.2) is 0 Å². The Balaban J connectivity index is 1.83. The van der Waals surface area contributed by atoms with Gasteiger partial charge in [0.05, 0.1) is 18.3 Å². The Morgan fingerprint density at radius 1 is 1.33 bits per heavy atom. The van der Waals surface area contributed by atoms with Crippen LogP contribution in [0.5, 0.6) is 0 Å². The Hall–Kier alpha value is -2.36. The average molecular weight is 281 g/mol. The van der Waals surface area contributed by atoms with E-state index in [-0.39, 0.29) is 5.91 Å². The number of fused-ring (bicyclic) bond motifs is 1. The summed E-state index contributed by atoms with van der Waals surface area (Å²) in [6.07, 6.45) is 2.93. The normalized spacial score (nSPS) is 17.4. The van der Waals surface area contributed by atoms with Crippen molar-refractivity contribution in [1.29, 1.82) is 0 Å².